The number of aromatic nitrogens is 2. The number of hydrogen-bond acceptors (Lipinski definition) is 4. The zero-order valence-corrected chi connectivity index (χ0v) is 13.7. The Hall–Kier alpha value is -2.43. The highest BCUT2D eigenvalue weighted by molar-refractivity contribution is 5.93. The summed E-state index contributed by atoms with van der Waals surface area (Å²) in [6.45, 7) is 9.88. The number of carbonyl (C=O) groups excluding carboxylic acids is 1. The average Bonchev–Trinajstić information content (AvgIpc) is 2.40. The molecule has 1 aromatic heterocycles. The normalized spacial score (nSPS) is 11.1. The van der Waals surface area contributed by atoms with Gasteiger partial charge in [-0.25, -0.2) is 9.97 Å². The van der Waals surface area contributed by atoms with Crippen LogP contribution in [0, 0.1) is 13.8 Å². The predicted molar refractivity (Wildman–Crippen MR) is 88.4 cm³/mol. The summed E-state index contributed by atoms with van der Waals surface area (Å²) >= 11 is 0. The summed E-state index contributed by atoms with van der Waals surface area (Å²) in [5, 5.41) is 6.11. The van der Waals surface area contributed by atoms with Crippen LogP contribution < -0.4 is 10.6 Å². The van der Waals surface area contributed by atoms with Crippen molar-refractivity contribution in [2.24, 2.45) is 0 Å². The number of aryl methyl sites for hydroxylation is 2. The Labute approximate surface area is 131 Å². The summed E-state index contributed by atoms with van der Waals surface area (Å²) in [6.07, 6.45) is 1.39. The van der Waals surface area contributed by atoms with Gasteiger partial charge in [-0.05, 0) is 46.2 Å². The molecule has 2 N–H and O–H groups in total. The second-order valence-corrected chi connectivity index (χ2v) is 6.44. The molecule has 5 nitrogen and oxygen atoms in total. The van der Waals surface area contributed by atoms with Crippen LogP contribution in [0.5, 0.6) is 0 Å². The number of nitrogens with zero attached hydrogens (tertiary/aromatic N) is 2. The maximum absolute atomic E-state index is 12.1. The SMILES string of the molecule is Cc1ccc(Nc2cc(C(=O)NC(C)(C)C)ncn2)c(C)c1. The molecule has 0 aliphatic rings. The van der Waals surface area contributed by atoms with E-state index in [9.17, 15) is 4.79 Å². The minimum absolute atomic E-state index is 0.210. The lowest BCUT2D eigenvalue weighted by atomic mass is 10.1. The molecule has 1 heterocycles. The summed E-state index contributed by atoms with van der Waals surface area (Å²) in [5.74, 6) is 0.389. The quantitative estimate of drug-likeness (QED) is 0.911. The lowest BCUT2D eigenvalue weighted by molar-refractivity contribution is 0.0914. The van der Waals surface area contributed by atoms with E-state index in [1.807, 2.05) is 39.8 Å². The third-order valence-electron chi connectivity index (χ3n) is 3.03. The van der Waals surface area contributed by atoms with Gasteiger partial charge in [0.1, 0.15) is 17.8 Å². The van der Waals surface area contributed by atoms with Crippen LogP contribution in [0.1, 0.15) is 42.4 Å². The van der Waals surface area contributed by atoms with E-state index in [-0.39, 0.29) is 11.4 Å². The van der Waals surface area contributed by atoms with Gasteiger partial charge < -0.3 is 10.6 Å². The number of benzene rings is 1. The highest BCUT2D eigenvalue weighted by Gasteiger charge is 2.16. The number of nitrogens with one attached hydrogen (secondary N) is 2. The molecule has 0 spiro atoms. The van der Waals surface area contributed by atoms with Gasteiger partial charge in [0.2, 0.25) is 0 Å². The molecule has 5 heteroatoms. The Morgan fingerprint density at radius 1 is 1.09 bits per heavy atom. The first kappa shape index (κ1) is 15.9. The van der Waals surface area contributed by atoms with Crippen LogP contribution in [0.3, 0.4) is 0 Å². The zero-order chi connectivity index (χ0) is 16.3. The molecule has 116 valence electrons. The van der Waals surface area contributed by atoms with Crippen LogP contribution in [-0.4, -0.2) is 21.4 Å². The summed E-state index contributed by atoms with van der Waals surface area (Å²) in [6, 6.07) is 7.78. The second kappa shape index (κ2) is 6.13. The zero-order valence-electron chi connectivity index (χ0n) is 13.7. The third kappa shape index (κ3) is 4.28. The van der Waals surface area contributed by atoms with Crippen LogP contribution in [0.25, 0.3) is 0 Å². The Balaban J connectivity index is 2.20. The van der Waals surface area contributed by atoms with Crippen LogP contribution in [-0.2, 0) is 0 Å². The van der Waals surface area contributed by atoms with Crippen molar-refractivity contribution in [2.75, 3.05) is 5.32 Å². The Bertz CT molecular complexity index is 689. The van der Waals surface area contributed by atoms with E-state index in [1.165, 1.54) is 11.9 Å². The number of rotatable bonds is 3. The molecule has 0 aliphatic heterocycles. The monoisotopic (exact) mass is 298 g/mol. The first-order valence-electron chi connectivity index (χ1n) is 7.23. The molecule has 22 heavy (non-hydrogen) atoms. The van der Waals surface area contributed by atoms with E-state index >= 15 is 0 Å². The van der Waals surface area contributed by atoms with Gasteiger partial charge in [0.05, 0.1) is 0 Å². The van der Waals surface area contributed by atoms with Gasteiger partial charge in [-0.2, -0.15) is 0 Å². The fourth-order valence-electron chi connectivity index (χ4n) is 2.05. The maximum atomic E-state index is 12.1. The molecule has 0 atom stereocenters. The van der Waals surface area contributed by atoms with Gasteiger partial charge in [0.25, 0.3) is 5.91 Å². The van der Waals surface area contributed by atoms with Crippen molar-refractivity contribution < 1.29 is 4.79 Å². The molecule has 0 fully saturated rings. The van der Waals surface area contributed by atoms with Gasteiger partial charge in [-0.15, -0.1) is 0 Å². The smallest absolute Gasteiger partial charge is 0.270 e. The molecule has 0 radical (unpaired) electrons. The van der Waals surface area contributed by atoms with Crippen LogP contribution >= 0.6 is 0 Å². The van der Waals surface area contributed by atoms with Gasteiger partial charge >= 0.3 is 0 Å². The molecule has 1 aromatic carbocycles. The molecule has 0 saturated carbocycles. The lowest BCUT2D eigenvalue weighted by Gasteiger charge is -2.20. The summed E-state index contributed by atoms with van der Waals surface area (Å²) in [5.41, 5.74) is 3.34. The van der Waals surface area contributed by atoms with Gasteiger partial charge in [0.15, 0.2) is 0 Å². The van der Waals surface area contributed by atoms with E-state index < -0.39 is 0 Å². The number of hydrogen-bond donors (Lipinski definition) is 2. The van der Waals surface area contributed by atoms with Crippen LogP contribution in [0.2, 0.25) is 0 Å². The first-order valence-corrected chi connectivity index (χ1v) is 7.23. The van der Waals surface area contributed by atoms with Gasteiger partial charge in [-0.3, -0.25) is 4.79 Å². The molecule has 1 amide bonds. The maximum Gasteiger partial charge on any atom is 0.270 e. The largest absolute Gasteiger partial charge is 0.346 e. The van der Waals surface area contributed by atoms with E-state index in [4.69, 9.17) is 0 Å². The fourth-order valence-corrected chi connectivity index (χ4v) is 2.05. The van der Waals surface area contributed by atoms with Crippen molar-refractivity contribution in [1.82, 2.24) is 15.3 Å². The Morgan fingerprint density at radius 3 is 2.45 bits per heavy atom. The Kier molecular flexibility index (Phi) is 4.45. The van der Waals surface area contributed by atoms with Crippen molar-refractivity contribution in [3.63, 3.8) is 0 Å². The standard InChI is InChI=1S/C17H22N4O/c1-11-6-7-13(12(2)8-11)20-15-9-14(18-10-19-15)16(22)21-17(3,4)5/h6-10H,1-5H3,(H,21,22)(H,18,19,20). The minimum atomic E-state index is -0.302. The van der Waals surface area contributed by atoms with Crippen molar-refractivity contribution in [3.8, 4) is 0 Å². The molecule has 0 aliphatic carbocycles. The van der Waals surface area contributed by atoms with E-state index in [0.29, 0.717) is 11.5 Å². The highest BCUT2D eigenvalue weighted by atomic mass is 16.2. The van der Waals surface area contributed by atoms with E-state index in [2.05, 4.69) is 33.6 Å². The van der Waals surface area contributed by atoms with Crippen molar-refractivity contribution in [1.29, 1.82) is 0 Å². The number of carbonyl (C=O) groups is 1. The van der Waals surface area contributed by atoms with Crippen LogP contribution in [0.4, 0.5) is 11.5 Å². The van der Waals surface area contributed by atoms with Crippen molar-refractivity contribution in [3.05, 3.63) is 47.4 Å². The van der Waals surface area contributed by atoms with Crippen molar-refractivity contribution >= 4 is 17.4 Å². The fraction of sp³-hybridized carbons (Fsp3) is 0.353. The molecular weight excluding hydrogens is 276 g/mol. The minimum Gasteiger partial charge on any atom is -0.346 e. The van der Waals surface area contributed by atoms with Crippen molar-refractivity contribution in [2.45, 2.75) is 40.2 Å². The summed E-state index contributed by atoms with van der Waals surface area (Å²) in [4.78, 5) is 20.4. The molecule has 0 saturated heterocycles. The number of amides is 1. The summed E-state index contributed by atoms with van der Waals surface area (Å²) in [7, 11) is 0. The third-order valence-corrected chi connectivity index (χ3v) is 3.03. The number of anilines is 2. The van der Waals surface area contributed by atoms with Crippen LogP contribution in [0.15, 0.2) is 30.6 Å². The molecule has 2 aromatic rings. The van der Waals surface area contributed by atoms with E-state index in [1.54, 1.807) is 6.07 Å². The average molecular weight is 298 g/mol. The second-order valence-electron chi connectivity index (χ2n) is 6.44. The van der Waals surface area contributed by atoms with Gasteiger partial charge in [-0.1, -0.05) is 17.7 Å². The predicted octanol–water partition coefficient (Wildman–Crippen LogP) is 3.37. The molecule has 2 rings (SSSR count). The highest BCUT2D eigenvalue weighted by Crippen LogP contribution is 2.20. The Morgan fingerprint density at radius 2 is 1.82 bits per heavy atom. The molecular formula is C17H22N4O. The lowest BCUT2D eigenvalue weighted by Crippen LogP contribution is -2.40. The van der Waals surface area contributed by atoms with E-state index in [0.717, 1.165) is 11.3 Å². The molecule has 0 unspecified atom stereocenters. The summed E-state index contributed by atoms with van der Waals surface area (Å²) < 4.78 is 0. The first-order chi connectivity index (χ1) is 10.2. The molecule has 0 bridgehead atoms. The topological polar surface area (TPSA) is 66.9 Å². The van der Waals surface area contributed by atoms with Gasteiger partial charge in [0, 0.05) is 17.3 Å².